The minimum Gasteiger partial charge on any atom is -0.0623 e. The van der Waals surface area contributed by atoms with Gasteiger partial charge < -0.3 is 0 Å². The number of rotatable bonds is 1. The Bertz CT molecular complexity index is 265. The largest absolute Gasteiger partial charge is 0.0623 e. The summed E-state index contributed by atoms with van der Waals surface area (Å²) < 4.78 is 27.3. The molecule has 1 aromatic rings. The van der Waals surface area contributed by atoms with Gasteiger partial charge in [0.1, 0.15) is 0 Å². The van der Waals surface area contributed by atoms with Crippen LogP contribution in [0.4, 0.5) is 0 Å². The zero-order valence-electron chi connectivity index (χ0n) is 6.01. The molecule has 0 aliphatic carbocycles. The molecule has 0 heterocycles. The Balaban J connectivity index is 0. The molecule has 70 valence electrons. The van der Waals surface area contributed by atoms with E-state index in [0.717, 1.165) is 4.24 Å². The second-order valence-corrected chi connectivity index (χ2v) is 3.27. The van der Waals surface area contributed by atoms with Crippen LogP contribution in [0.5, 0.6) is 0 Å². The molecule has 1 rings (SSSR count). The van der Waals surface area contributed by atoms with E-state index in [1.165, 1.54) is 0 Å². The summed E-state index contributed by atoms with van der Waals surface area (Å²) in [6.45, 7) is 0. The van der Waals surface area contributed by atoms with Gasteiger partial charge in [-0.05, 0) is 11.8 Å². The molecule has 0 aromatic heterocycles. The van der Waals surface area contributed by atoms with Gasteiger partial charge in [0.25, 0.3) is 0 Å². The van der Waals surface area contributed by atoms with Crippen molar-refractivity contribution in [3.8, 4) is 0 Å². The Labute approximate surface area is 105 Å². The van der Waals surface area contributed by atoms with Crippen molar-refractivity contribution in [3.63, 3.8) is 0 Å². The van der Waals surface area contributed by atoms with E-state index in [1.807, 2.05) is 36.4 Å². The monoisotopic (exact) mass is 233 g/mol. The van der Waals surface area contributed by atoms with E-state index in [-0.39, 0.29) is 29.6 Å². The average molecular weight is 234 g/mol. The third kappa shape index (κ3) is 15.2. The molecule has 0 aliphatic rings. The molecule has 1 aromatic carbocycles. The normalized spacial score (nSPS) is 9.08. The van der Waals surface area contributed by atoms with E-state index in [0.29, 0.717) is 0 Å². The van der Waals surface area contributed by atoms with E-state index < -0.39 is 10.3 Å². The molecule has 13 heavy (non-hydrogen) atoms. The third-order valence-corrected chi connectivity index (χ3v) is 1.54. The van der Waals surface area contributed by atoms with Crippen molar-refractivity contribution in [1.82, 2.24) is 4.24 Å². The first kappa shape index (κ1) is 15.8. The van der Waals surface area contributed by atoms with Crippen molar-refractivity contribution in [2.75, 3.05) is 0 Å². The van der Waals surface area contributed by atoms with Crippen LogP contribution in [0.1, 0.15) is 0 Å². The minimum atomic E-state index is -4.15. The summed E-state index contributed by atoms with van der Waals surface area (Å²) in [5.74, 6) is 0. The Morgan fingerprint density at radius 3 is 1.23 bits per heavy atom. The predicted octanol–water partition coefficient (Wildman–Crippen LogP) is 0.571. The fourth-order valence-electron chi connectivity index (χ4n) is 0.385. The van der Waals surface area contributed by atoms with Crippen molar-refractivity contribution in [3.05, 3.63) is 36.4 Å². The first-order valence-electron chi connectivity index (χ1n) is 2.91. The topological polar surface area (TPSA) is 66.4 Å². The van der Waals surface area contributed by atoms with Crippen LogP contribution >= 0.6 is 11.8 Å². The molecule has 0 amide bonds. The summed E-state index contributed by atoms with van der Waals surface area (Å²) in [6.07, 6.45) is 0. The quantitative estimate of drug-likeness (QED) is 0.423. The first-order chi connectivity index (χ1) is 5.56. The van der Waals surface area contributed by atoms with E-state index in [1.54, 1.807) is 0 Å². The fraction of sp³-hybridized carbons (Fsp3) is 0. The Morgan fingerprint density at radius 1 is 1.00 bits per heavy atom. The number of hydrogen-bond acceptors (Lipinski definition) is 2. The van der Waals surface area contributed by atoms with Gasteiger partial charge in [-0.15, -0.1) is 4.24 Å². The molecule has 0 spiro atoms. The molecule has 0 fully saturated rings. The smallest absolute Gasteiger partial charge is 0.0623 e. The van der Waals surface area contributed by atoms with Crippen LogP contribution in [0.15, 0.2) is 36.4 Å². The molecule has 0 radical (unpaired) electrons. The Morgan fingerprint density at radius 2 is 1.15 bits per heavy atom. The zero-order chi connectivity index (χ0) is 9.45. The van der Waals surface area contributed by atoms with Gasteiger partial charge in [0, 0.05) is 0 Å². The maximum Gasteiger partial charge on any atom is -0.0623 e. The zero-order valence-corrected chi connectivity index (χ0v) is 7.59. The molecule has 4 nitrogen and oxygen atoms in total. The van der Waals surface area contributed by atoms with E-state index in [9.17, 15) is 8.42 Å². The van der Waals surface area contributed by atoms with Gasteiger partial charge in [0.15, 0.2) is 0 Å². The van der Waals surface area contributed by atoms with Crippen LogP contribution in [0, 0.1) is 0 Å². The van der Waals surface area contributed by atoms with Crippen molar-refractivity contribution in [2.24, 2.45) is 0 Å². The molecule has 7 heteroatoms. The second-order valence-electron chi connectivity index (χ2n) is 1.71. The average Bonchev–Trinajstić information content (AvgIpc) is 2.07. The van der Waals surface area contributed by atoms with E-state index in [4.69, 9.17) is 4.55 Å². The van der Waals surface area contributed by atoms with Crippen molar-refractivity contribution < 1.29 is 13.0 Å². The summed E-state index contributed by atoms with van der Waals surface area (Å²) in [7, 11) is -4.15. The summed E-state index contributed by atoms with van der Waals surface area (Å²) in [5, 5.41) is 0. The van der Waals surface area contributed by atoms with Gasteiger partial charge >= 0.3 is 39.9 Å². The molecule has 0 aliphatic heterocycles. The van der Waals surface area contributed by atoms with E-state index in [2.05, 4.69) is 11.8 Å². The molecule has 2 N–H and O–H groups in total. The van der Waals surface area contributed by atoms with Crippen LogP contribution in [0.25, 0.3) is 0 Å². The predicted molar refractivity (Wildman–Crippen MR) is 54.1 cm³/mol. The minimum absolute atomic E-state index is 0. The summed E-state index contributed by atoms with van der Waals surface area (Å²) in [6, 6.07) is 12.0. The van der Waals surface area contributed by atoms with Gasteiger partial charge in [-0.1, -0.05) is 36.4 Å². The standard InChI is InChI=1S/C6H6.ClH2NO3S.Na.H/c1-2-4-6-5-3-1;1-2-6(3,4)5;;/h1-6H;2H,(H,3,4,5);;. The van der Waals surface area contributed by atoms with Crippen LogP contribution in [0.3, 0.4) is 0 Å². The maximum absolute atomic E-state index is 9.31. The summed E-state index contributed by atoms with van der Waals surface area (Å²) >= 11 is 4.39. The van der Waals surface area contributed by atoms with Gasteiger partial charge in [0.2, 0.25) is 0 Å². The molecule has 0 bridgehead atoms. The van der Waals surface area contributed by atoms with Gasteiger partial charge in [-0.3, -0.25) is 4.55 Å². The molecule has 0 atom stereocenters. The maximum atomic E-state index is 9.31. The van der Waals surface area contributed by atoms with Crippen molar-refractivity contribution in [1.29, 1.82) is 0 Å². The Hall–Kier alpha value is 0.380. The molecule has 0 saturated carbocycles. The number of hydrogen-bond donors (Lipinski definition) is 2. The van der Waals surface area contributed by atoms with Gasteiger partial charge in [-0.25, -0.2) is 0 Å². The number of halogens is 1. The second kappa shape index (κ2) is 8.96. The fourth-order valence-corrected chi connectivity index (χ4v) is 0.385. The summed E-state index contributed by atoms with van der Waals surface area (Å²) in [5.41, 5.74) is 0. The van der Waals surface area contributed by atoms with Crippen molar-refractivity contribution >= 4 is 51.6 Å². The molecular weight excluding hydrogens is 225 g/mol. The van der Waals surface area contributed by atoms with Crippen LogP contribution in [-0.2, 0) is 10.3 Å². The summed E-state index contributed by atoms with van der Waals surface area (Å²) in [4.78, 5) is 0. The number of nitrogens with one attached hydrogen (secondary N) is 1. The van der Waals surface area contributed by atoms with Crippen LogP contribution < -0.4 is 4.24 Å². The molecular formula is C6H9ClNNaO3S. The van der Waals surface area contributed by atoms with Crippen molar-refractivity contribution in [2.45, 2.75) is 0 Å². The third-order valence-electron chi connectivity index (χ3n) is 0.764. The molecule has 0 saturated heterocycles. The van der Waals surface area contributed by atoms with Crippen LogP contribution in [0.2, 0.25) is 0 Å². The Kier molecular flexibility index (Phi) is 10.9. The van der Waals surface area contributed by atoms with E-state index >= 15 is 0 Å². The number of benzene rings is 1. The molecule has 0 unspecified atom stereocenters. The first-order valence-corrected chi connectivity index (χ1v) is 4.73. The van der Waals surface area contributed by atoms with Gasteiger partial charge in [-0.2, -0.15) is 8.42 Å². The van der Waals surface area contributed by atoms with Gasteiger partial charge in [0.05, 0.1) is 0 Å². The SMILES string of the molecule is O=S(=O)(O)NCl.[NaH].c1ccccc1. The van der Waals surface area contributed by atoms with Crippen LogP contribution in [-0.4, -0.2) is 42.5 Å².